The molecule has 0 N–H and O–H groups in total. The Labute approximate surface area is 113 Å². The first-order valence-corrected chi connectivity index (χ1v) is 6.53. The molecule has 0 atom stereocenters. The molecule has 2 aromatic rings. The zero-order valence-corrected chi connectivity index (χ0v) is 10.9. The molecule has 0 aromatic heterocycles. The molecule has 2 heteroatoms. The highest BCUT2D eigenvalue weighted by Gasteiger charge is 2.22. The first-order chi connectivity index (χ1) is 9.40. The molecule has 93 valence electrons. The van der Waals surface area contributed by atoms with Gasteiger partial charge in [0.1, 0.15) is 5.71 Å². The molecule has 1 aliphatic heterocycles. The number of allylic oxidation sites excluding steroid dienone is 2. The summed E-state index contributed by atoms with van der Waals surface area (Å²) in [5.41, 5.74) is 9.84. The van der Waals surface area contributed by atoms with Crippen molar-refractivity contribution in [1.82, 2.24) is 5.43 Å². The minimum absolute atomic E-state index is 0.893. The van der Waals surface area contributed by atoms with Gasteiger partial charge in [0, 0.05) is 11.1 Å². The van der Waals surface area contributed by atoms with E-state index in [9.17, 15) is 0 Å². The van der Waals surface area contributed by atoms with Crippen molar-refractivity contribution in [3.05, 3.63) is 77.5 Å². The summed E-state index contributed by atoms with van der Waals surface area (Å²) in [5, 5.41) is 4.38. The largest absolute Gasteiger partial charge is 0.154 e. The number of nitrogens with zero attached hydrogens (tertiary/aromatic N) is 2. The minimum Gasteiger partial charge on any atom is -0.154 e. The average molecular weight is 247 g/mol. The van der Waals surface area contributed by atoms with Crippen LogP contribution < -0.4 is 5.43 Å². The molecule has 0 fully saturated rings. The summed E-state index contributed by atoms with van der Waals surface area (Å²) in [6.45, 7) is 2.12. The summed E-state index contributed by atoms with van der Waals surface area (Å²) in [4.78, 5) is 0. The lowest BCUT2D eigenvalue weighted by Crippen LogP contribution is -2.02. The Hall–Kier alpha value is -2.35. The van der Waals surface area contributed by atoms with E-state index in [4.69, 9.17) is 0 Å². The highest BCUT2D eigenvalue weighted by Crippen LogP contribution is 2.29. The molecule has 0 unspecified atom stereocenters. The van der Waals surface area contributed by atoms with E-state index in [1.54, 1.807) is 0 Å². The van der Waals surface area contributed by atoms with Crippen molar-refractivity contribution in [2.75, 3.05) is 0 Å². The summed E-state index contributed by atoms with van der Waals surface area (Å²) < 4.78 is 0. The van der Waals surface area contributed by atoms with Crippen LogP contribution in [0.3, 0.4) is 0 Å². The summed E-state index contributed by atoms with van der Waals surface area (Å²) >= 11 is 0. The smallest absolute Gasteiger partial charge is 0.103 e. The zero-order valence-electron chi connectivity index (χ0n) is 10.9. The van der Waals surface area contributed by atoms with E-state index in [2.05, 4.69) is 53.8 Å². The van der Waals surface area contributed by atoms with Crippen LogP contribution in [0.2, 0.25) is 0 Å². The third-order valence-corrected chi connectivity index (χ3v) is 3.24. The number of rotatable bonds is 3. The maximum absolute atomic E-state index is 4.38. The second-order valence-electron chi connectivity index (χ2n) is 4.46. The molecule has 2 aromatic carbocycles. The van der Waals surface area contributed by atoms with Crippen LogP contribution in [0.4, 0.5) is 0 Å². The number of benzene rings is 2. The Morgan fingerprint density at radius 1 is 0.789 bits per heavy atom. The van der Waals surface area contributed by atoms with Gasteiger partial charge >= 0.3 is 0 Å². The molecule has 0 bridgehead atoms. The molecule has 19 heavy (non-hydrogen) atoms. The third kappa shape index (κ3) is 2.17. The molecule has 0 amide bonds. The Bertz CT molecular complexity index is 625. The fraction of sp³-hybridized carbons (Fsp3) is 0.118. The number of hydrogen-bond donors (Lipinski definition) is 0. The van der Waals surface area contributed by atoms with Crippen LogP contribution >= 0.6 is 0 Å². The predicted octanol–water partition coefficient (Wildman–Crippen LogP) is 3.83. The van der Waals surface area contributed by atoms with Crippen LogP contribution in [0.25, 0.3) is 5.57 Å². The molecule has 0 spiro atoms. The van der Waals surface area contributed by atoms with Gasteiger partial charge in [0.25, 0.3) is 0 Å². The highest BCUT2D eigenvalue weighted by molar-refractivity contribution is 6.33. The molecule has 0 saturated heterocycles. The minimum atomic E-state index is 0.893. The first-order valence-electron chi connectivity index (χ1n) is 6.53. The van der Waals surface area contributed by atoms with Gasteiger partial charge in [0.15, 0.2) is 0 Å². The Morgan fingerprint density at radius 3 is 1.95 bits per heavy atom. The number of hydrogen-bond acceptors (Lipinski definition) is 1. The lowest BCUT2D eigenvalue weighted by molar-refractivity contribution is 0.839. The summed E-state index contributed by atoms with van der Waals surface area (Å²) in [6, 6.07) is 20.6. The van der Waals surface area contributed by atoms with E-state index in [-0.39, 0.29) is 0 Å². The molecule has 1 aliphatic rings. The van der Waals surface area contributed by atoms with Crippen molar-refractivity contribution < 1.29 is 0 Å². The maximum atomic E-state index is 4.38. The second-order valence-corrected chi connectivity index (χ2v) is 4.46. The molecular formula is C17H15N2. The van der Waals surface area contributed by atoms with Crippen molar-refractivity contribution >= 4 is 11.3 Å². The SMILES string of the molecule is CCC1=C(c2ccccc2)C(c2ccccc2)=N[N]1. The first kappa shape index (κ1) is 11.7. The molecule has 1 heterocycles. The lowest BCUT2D eigenvalue weighted by atomic mass is 9.94. The normalized spacial score (nSPS) is 14.3. The Morgan fingerprint density at radius 2 is 1.37 bits per heavy atom. The van der Waals surface area contributed by atoms with Gasteiger partial charge in [-0.1, -0.05) is 67.6 Å². The third-order valence-electron chi connectivity index (χ3n) is 3.24. The van der Waals surface area contributed by atoms with E-state index >= 15 is 0 Å². The van der Waals surface area contributed by atoms with Crippen LogP contribution in [0.5, 0.6) is 0 Å². The van der Waals surface area contributed by atoms with Gasteiger partial charge in [-0.3, -0.25) is 0 Å². The molecule has 0 saturated carbocycles. The fourth-order valence-electron chi connectivity index (χ4n) is 2.30. The molecule has 1 radical (unpaired) electrons. The van der Waals surface area contributed by atoms with Gasteiger partial charge < -0.3 is 0 Å². The maximum Gasteiger partial charge on any atom is 0.103 e. The standard InChI is InChI=1S/C17H15N2/c1-2-15-16(13-9-5-3-6-10-13)17(19-18-15)14-11-7-4-8-12-14/h3-12H,2H2,1H3. The Balaban J connectivity index is 2.10. The van der Waals surface area contributed by atoms with Crippen LogP contribution in [0.1, 0.15) is 24.5 Å². The summed E-state index contributed by atoms with van der Waals surface area (Å²) in [5.74, 6) is 0. The van der Waals surface area contributed by atoms with Crippen LogP contribution in [0, 0.1) is 0 Å². The fourth-order valence-corrected chi connectivity index (χ4v) is 2.30. The van der Waals surface area contributed by atoms with Crippen LogP contribution in [-0.4, -0.2) is 5.71 Å². The highest BCUT2D eigenvalue weighted by atomic mass is 15.3. The topological polar surface area (TPSA) is 26.5 Å². The van der Waals surface area contributed by atoms with Gasteiger partial charge in [0.2, 0.25) is 0 Å². The molecular weight excluding hydrogens is 232 g/mol. The van der Waals surface area contributed by atoms with Crippen molar-refractivity contribution in [1.29, 1.82) is 0 Å². The van der Waals surface area contributed by atoms with Crippen molar-refractivity contribution in [2.45, 2.75) is 13.3 Å². The zero-order chi connectivity index (χ0) is 13.1. The summed E-state index contributed by atoms with van der Waals surface area (Å²) in [6.07, 6.45) is 0.893. The average Bonchev–Trinajstić information content (AvgIpc) is 2.93. The van der Waals surface area contributed by atoms with Gasteiger partial charge in [0.05, 0.1) is 5.70 Å². The van der Waals surface area contributed by atoms with Gasteiger partial charge in [-0.15, -0.1) is 5.10 Å². The Kier molecular flexibility index (Phi) is 3.15. The predicted molar refractivity (Wildman–Crippen MR) is 78.8 cm³/mol. The van der Waals surface area contributed by atoms with Gasteiger partial charge in [-0.2, -0.15) is 5.43 Å². The van der Waals surface area contributed by atoms with Crippen molar-refractivity contribution in [3.8, 4) is 0 Å². The van der Waals surface area contributed by atoms with E-state index in [0.717, 1.165) is 29.0 Å². The monoisotopic (exact) mass is 247 g/mol. The lowest BCUT2D eigenvalue weighted by Gasteiger charge is -2.08. The van der Waals surface area contributed by atoms with Gasteiger partial charge in [-0.25, -0.2) is 0 Å². The van der Waals surface area contributed by atoms with Crippen LogP contribution in [-0.2, 0) is 0 Å². The van der Waals surface area contributed by atoms with E-state index in [0.29, 0.717) is 0 Å². The molecule has 2 nitrogen and oxygen atoms in total. The van der Waals surface area contributed by atoms with Crippen LogP contribution in [0.15, 0.2) is 71.5 Å². The quantitative estimate of drug-likeness (QED) is 0.788. The van der Waals surface area contributed by atoms with Gasteiger partial charge in [-0.05, 0) is 12.0 Å². The molecule has 0 aliphatic carbocycles. The van der Waals surface area contributed by atoms with Crippen molar-refractivity contribution in [2.24, 2.45) is 5.10 Å². The van der Waals surface area contributed by atoms with E-state index in [1.165, 1.54) is 5.56 Å². The molecule has 3 rings (SSSR count). The van der Waals surface area contributed by atoms with E-state index in [1.807, 2.05) is 24.3 Å². The van der Waals surface area contributed by atoms with E-state index < -0.39 is 0 Å². The summed E-state index contributed by atoms with van der Waals surface area (Å²) in [7, 11) is 0. The van der Waals surface area contributed by atoms with Crippen molar-refractivity contribution in [3.63, 3.8) is 0 Å². The second kappa shape index (κ2) is 5.11.